The van der Waals surface area contributed by atoms with Gasteiger partial charge in [-0.2, -0.15) is 0 Å². The minimum atomic E-state index is -0.326. The fourth-order valence-corrected chi connectivity index (χ4v) is 1.82. The van der Waals surface area contributed by atoms with Crippen molar-refractivity contribution >= 4 is 5.78 Å². The lowest BCUT2D eigenvalue weighted by atomic mass is 9.83. The fraction of sp³-hybridized carbons (Fsp3) is 0.800. The molecule has 0 spiro atoms. The van der Waals surface area contributed by atoms with Gasteiger partial charge < -0.3 is 5.73 Å². The Kier molecular flexibility index (Phi) is 3.73. The summed E-state index contributed by atoms with van der Waals surface area (Å²) in [6.07, 6.45) is 7.59. The predicted octanol–water partition coefficient (Wildman–Crippen LogP) is 1.69. The molecule has 1 atom stereocenters. The first-order valence-corrected chi connectivity index (χ1v) is 4.84. The Labute approximate surface area is 74.5 Å². The number of ketones is 1. The highest BCUT2D eigenvalue weighted by molar-refractivity contribution is 5.87. The maximum atomic E-state index is 11.6. The number of carbonyl (C=O) groups excluding carboxylic acids is 1. The van der Waals surface area contributed by atoms with E-state index < -0.39 is 0 Å². The standard InChI is InChI=1S/C10H18NO/c1-2-9(11)10(12)8-6-4-3-5-7-8/h2,8-9H,3-7,11H2,1H3. The summed E-state index contributed by atoms with van der Waals surface area (Å²) in [4.78, 5) is 11.6. The van der Waals surface area contributed by atoms with E-state index in [4.69, 9.17) is 5.73 Å². The average Bonchev–Trinajstić information content (AvgIpc) is 2.17. The largest absolute Gasteiger partial charge is 0.321 e. The highest BCUT2D eigenvalue weighted by atomic mass is 16.1. The molecule has 2 N–H and O–H groups in total. The lowest BCUT2D eigenvalue weighted by molar-refractivity contribution is -0.124. The molecule has 1 rings (SSSR count). The Morgan fingerprint density at radius 3 is 2.50 bits per heavy atom. The summed E-state index contributed by atoms with van der Waals surface area (Å²) in [7, 11) is 0. The molecule has 0 bridgehead atoms. The number of rotatable bonds is 3. The van der Waals surface area contributed by atoms with Crippen molar-refractivity contribution in [1.82, 2.24) is 0 Å². The molecule has 0 aromatic rings. The zero-order valence-corrected chi connectivity index (χ0v) is 7.75. The first-order valence-electron chi connectivity index (χ1n) is 4.84. The highest BCUT2D eigenvalue weighted by Gasteiger charge is 2.24. The van der Waals surface area contributed by atoms with Crippen LogP contribution >= 0.6 is 0 Å². The molecule has 2 nitrogen and oxygen atoms in total. The summed E-state index contributed by atoms with van der Waals surface area (Å²) in [6, 6.07) is -0.326. The van der Waals surface area contributed by atoms with E-state index in [9.17, 15) is 4.79 Å². The summed E-state index contributed by atoms with van der Waals surface area (Å²) < 4.78 is 0. The van der Waals surface area contributed by atoms with E-state index in [0.717, 1.165) is 12.8 Å². The molecule has 2 heteroatoms. The Morgan fingerprint density at radius 2 is 2.00 bits per heavy atom. The number of hydrogen-bond donors (Lipinski definition) is 1. The van der Waals surface area contributed by atoms with E-state index in [1.54, 1.807) is 6.42 Å². The van der Waals surface area contributed by atoms with Gasteiger partial charge in [0, 0.05) is 5.92 Å². The highest BCUT2D eigenvalue weighted by Crippen LogP contribution is 2.25. The smallest absolute Gasteiger partial charge is 0.152 e. The Hall–Kier alpha value is -0.370. The summed E-state index contributed by atoms with van der Waals surface area (Å²) >= 11 is 0. The molecule has 1 saturated carbocycles. The maximum Gasteiger partial charge on any atom is 0.152 e. The van der Waals surface area contributed by atoms with E-state index in [1.807, 2.05) is 6.92 Å². The first kappa shape index (κ1) is 9.72. The van der Waals surface area contributed by atoms with Gasteiger partial charge in [-0.05, 0) is 19.3 Å². The quantitative estimate of drug-likeness (QED) is 0.696. The van der Waals surface area contributed by atoms with Gasteiger partial charge in [-0.1, -0.05) is 26.2 Å². The fourth-order valence-electron chi connectivity index (χ4n) is 1.82. The third-order valence-electron chi connectivity index (χ3n) is 2.70. The first-order chi connectivity index (χ1) is 5.75. The average molecular weight is 168 g/mol. The Balaban J connectivity index is 2.39. The van der Waals surface area contributed by atoms with Crippen molar-refractivity contribution in [2.24, 2.45) is 11.7 Å². The number of hydrogen-bond acceptors (Lipinski definition) is 2. The zero-order chi connectivity index (χ0) is 8.97. The van der Waals surface area contributed by atoms with Crippen LogP contribution in [0.3, 0.4) is 0 Å². The minimum Gasteiger partial charge on any atom is -0.321 e. The van der Waals surface area contributed by atoms with E-state index >= 15 is 0 Å². The molecule has 1 aliphatic carbocycles. The molecule has 12 heavy (non-hydrogen) atoms. The van der Waals surface area contributed by atoms with E-state index in [2.05, 4.69) is 0 Å². The number of carbonyl (C=O) groups is 1. The molecule has 0 amide bonds. The molecular formula is C10H18NO. The molecule has 1 unspecified atom stereocenters. The second-order valence-electron chi connectivity index (χ2n) is 3.60. The van der Waals surface area contributed by atoms with Gasteiger partial charge in [0.25, 0.3) is 0 Å². The topological polar surface area (TPSA) is 43.1 Å². The number of Topliss-reactive ketones (excluding diaryl/α,β-unsaturated/α-hetero) is 1. The van der Waals surface area contributed by atoms with Gasteiger partial charge in [-0.25, -0.2) is 0 Å². The maximum absolute atomic E-state index is 11.6. The van der Waals surface area contributed by atoms with Crippen LogP contribution in [0.1, 0.15) is 39.0 Å². The van der Waals surface area contributed by atoms with Crippen LogP contribution in [0.4, 0.5) is 0 Å². The second-order valence-corrected chi connectivity index (χ2v) is 3.60. The monoisotopic (exact) mass is 168 g/mol. The van der Waals surface area contributed by atoms with Gasteiger partial charge in [-0.3, -0.25) is 4.79 Å². The van der Waals surface area contributed by atoms with Gasteiger partial charge in [0.15, 0.2) is 5.78 Å². The minimum absolute atomic E-state index is 0.247. The van der Waals surface area contributed by atoms with Crippen molar-refractivity contribution in [3.05, 3.63) is 6.42 Å². The molecule has 1 fully saturated rings. The van der Waals surface area contributed by atoms with Crippen LogP contribution in [0.2, 0.25) is 0 Å². The van der Waals surface area contributed by atoms with E-state index in [0.29, 0.717) is 0 Å². The van der Waals surface area contributed by atoms with Gasteiger partial charge in [-0.15, -0.1) is 0 Å². The molecule has 0 saturated heterocycles. The van der Waals surface area contributed by atoms with Crippen LogP contribution in [0, 0.1) is 12.3 Å². The third kappa shape index (κ3) is 2.31. The van der Waals surface area contributed by atoms with E-state index in [1.165, 1.54) is 19.3 Å². The SMILES string of the molecule is C[CH]C(N)C(=O)C1CCCCC1. The molecule has 0 aliphatic heterocycles. The van der Waals surface area contributed by atoms with Crippen molar-refractivity contribution in [2.45, 2.75) is 45.1 Å². The summed E-state index contributed by atoms with van der Waals surface area (Å²) in [6.45, 7) is 1.85. The molecule has 1 aliphatic rings. The Morgan fingerprint density at radius 1 is 1.42 bits per heavy atom. The van der Waals surface area contributed by atoms with Crippen molar-refractivity contribution in [1.29, 1.82) is 0 Å². The molecule has 69 valence electrons. The second kappa shape index (κ2) is 4.61. The van der Waals surface area contributed by atoms with Crippen molar-refractivity contribution in [3.8, 4) is 0 Å². The molecule has 1 radical (unpaired) electrons. The van der Waals surface area contributed by atoms with Crippen LogP contribution in [0.15, 0.2) is 0 Å². The van der Waals surface area contributed by atoms with Crippen LogP contribution in [0.5, 0.6) is 0 Å². The summed E-state index contributed by atoms with van der Waals surface area (Å²) in [5.74, 6) is 0.502. The van der Waals surface area contributed by atoms with Gasteiger partial charge in [0.05, 0.1) is 6.04 Å². The summed E-state index contributed by atoms with van der Waals surface area (Å²) in [5, 5.41) is 0. The van der Waals surface area contributed by atoms with Gasteiger partial charge in [0.1, 0.15) is 0 Å². The van der Waals surface area contributed by atoms with Crippen LogP contribution < -0.4 is 5.73 Å². The van der Waals surface area contributed by atoms with Gasteiger partial charge in [0.2, 0.25) is 0 Å². The van der Waals surface area contributed by atoms with Gasteiger partial charge >= 0.3 is 0 Å². The van der Waals surface area contributed by atoms with Crippen LogP contribution in [0.25, 0.3) is 0 Å². The molecule has 0 aromatic heterocycles. The predicted molar refractivity (Wildman–Crippen MR) is 49.5 cm³/mol. The molecule has 0 heterocycles. The molecule has 0 aromatic carbocycles. The zero-order valence-electron chi connectivity index (χ0n) is 7.75. The lowest BCUT2D eigenvalue weighted by Gasteiger charge is -2.22. The Bertz CT molecular complexity index is 150. The van der Waals surface area contributed by atoms with Crippen LogP contribution in [-0.2, 0) is 4.79 Å². The molecular weight excluding hydrogens is 150 g/mol. The van der Waals surface area contributed by atoms with Crippen molar-refractivity contribution < 1.29 is 4.79 Å². The van der Waals surface area contributed by atoms with E-state index in [-0.39, 0.29) is 17.7 Å². The van der Waals surface area contributed by atoms with Crippen molar-refractivity contribution in [3.63, 3.8) is 0 Å². The summed E-state index contributed by atoms with van der Waals surface area (Å²) in [5.41, 5.74) is 5.64. The normalized spacial score (nSPS) is 22.2. The lowest BCUT2D eigenvalue weighted by Crippen LogP contribution is -2.36. The number of nitrogens with two attached hydrogens (primary N) is 1. The van der Waals surface area contributed by atoms with Crippen LogP contribution in [-0.4, -0.2) is 11.8 Å². The third-order valence-corrected chi connectivity index (χ3v) is 2.70. The van der Waals surface area contributed by atoms with Crippen molar-refractivity contribution in [2.75, 3.05) is 0 Å².